The number of carboxylic acids is 1. The summed E-state index contributed by atoms with van der Waals surface area (Å²) in [5.74, 6) is -0.690. The van der Waals surface area contributed by atoms with Crippen LogP contribution in [-0.4, -0.2) is 47.6 Å². The third kappa shape index (κ3) is 5.04. The van der Waals surface area contributed by atoms with Crippen molar-refractivity contribution in [2.24, 2.45) is 0 Å². The number of carbonyl (C=O) groups excluding carboxylic acids is 1. The molecule has 104 valence electrons. The van der Waals surface area contributed by atoms with Crippen molar-refractivity contribution in [3.8, 4) is 0 Å². The highest BCUT2D eigenvalue weighted by atomic mass is 16.4. The molecule has 0 spiro atoms. The second-order valence-electron chi connectivity index (χ2n) is 4.83. The molecule has 5 nitrogen and oxygen atoms in total. The Morgan fingerprint density at radius 3 is 2.50 bits per heavy atom. The summed E-state index contributed by atoms with van der Waals surface area (Å²) in [6, 6.07) is -0.524. The minimum absolute atomic E-state index is 0.142. The first-order valence-electron chi connectivity index (χ1n) is 6.89. The van der Waals surface area contributed by atoms with Crippen LogP contribution in [0.15, 0.2) is 0 Å². The van der Waals surface area contributed by atoms with Crippen LogP contribution >= 0.6 is 0 Å². The molecule has 2 N–H and O–H groups in total. The zero-order valence-corrected chi connectivity index (χ0v) is 11.2. The van der Waals surface area contributed by atoms with Crippen molar-refractivity contribution in [3.05, 3.63) is 0 Å². The van der Waals surface area contributed by atoms with E-state index >= 15 is 0 Å². The molecule has 18 heavy (non-hydrogen) atoms. The standard InChI is InChI=1S/C13H24N2O3/c1-2-6-11(13(17)18)14-8-7-12(16)15-9-4-3-5-10-15/h11,14H,2-10H2,1H3,(H,17,18). The van der Waals surface area contributed by atoms with E-state index in [4.69, 9.17) is 5.11 Å². The summed E-state index contributed by atoms with van der Waals surface area (Å²) in [6.45, 7) is 4.12. The van der Waals surface area contributed by atoms with Crippen LogP contribution in [0.1, 0.15) is 45.4 Å². The molecule has 0 bridgehead atoms. The number of aliphatic carboxylic acids is 1. The minimum Gasteiger partial charge on any atom is -0.480 e. The zero-order chi connectivity index (χ0) is 13.4. The lowest BCUT2D eigenvalue weighted by atomic mass is 10.1. The number of carbonyl (C=O) groups is 2. The normalized spacial score (nSPS) is 17.5. The molecule has 1 saturated heterocycles. The maximum absolute atomic E-state index is 11.8. The Kier molecular flexibility index (Phi) is 6.72. The van der Waals surface area contributed by atoms with Crippen LogP contribution in [0.2, 0.25) is 0 Å². The van der Waals surface area contributed by atoms with Crippen LogP contribution < -0.4 is 5.32 Å². The summed E-state index contributed by atoms with van der Waals surface area (Å²) in [6.07, 6.45) is 5.21. The van der Waals surface area contributed by atoms with Crippen molar-refractivity contribution in [3.63, 3.8) is 0 Å². The van der Waals surface area contributed by atoms with Gasteiger partial charge in [-0.25, -0.2) is 0 Å². The van der Waals surface area contributed by atoms with Crippen molar-refractivity contribution in [1.29, 1.82) is 0 Å². The van der Waals surface area contributed by atoms with E-state index in [2.05, 4.69) is 5.32 Å². The van der Waals surface area contributed by atoms with Gasteiger partial charge in [-0.1, -0.05) is 13.3 Å². The first kappa shape index (κ1) is 15.0. The first-order valence-corrected chi connectivity index (χ1v) is 6.89. The Morgan fingerprint density at radius 1 is 1.28 bits per heavy atom. The lowest BCUT2D eigenvalue weighted by molar-refractivity contribution is -0.140. The number of piperidine rings is 1. The number of nitrogens with one attached hydrogen (secondary N) is 1. The van der Waals surface area contributed by atoms with Gasteiger partial charge in [0, 0.05) is 26.1 Å². The summed E-state index contributed by atoms with van der Waals surface area (Å²) in [7, 11) is 0. The lowest BCUT2D eigenvalue weighted by Crippen LogP contribution is -2.41. The molecule has 0 saturated carbocycles. The topological polar surface area (TPSA) is 69.6 Å². The molecule has 5 heteroatoms. The van der Waals surface area contributed by atoms with E-state index in [1.54, 1.807) is 0 Å². The minimum atomic E-state index is -0.831. The third-order valence-electron chi connectivity index (χ3n) is 3.31. The fourth-order valence-corrected chi connectivity index (χ4v) is 2.26. The van der Waals surface area contributed by atoms with Gasteiger partial charge < -0.3 is 15.3 Å². The van der Waals surface area contributed by atoms with Crippen LogP contribution in [0.25, 0.3) is 0 Å². The number of hydrogen-bond donors (Lipinski definition) is 2. The molecule has 0 aromatic heterocycles. The molecule has 1 fully saturated rings. The fraction of sp³-hybridized carbons (Fsp3) is 0.846. The van der Waals surface area contributed by atoms with Gasteiger partial charge in [-0.15, -0.1) is 0 Å². The fourth-order valence-electron chi connectivity index (χ4n) is 2.26. The maximum Gasteiger partial charge on any atom is 0.320 e. The van der Waals surface area contributed by atoms with Gasteiger partial charge in [0.05, 0.1) is 0 Å². The van der Waals surface area contributed by atoms with E-state index in [1.807, 2.05) is 11.8 Å². The molecule has 1 aliphatic rings. The number of rotatable bonds is 7. The second-order valence-corrected chi connectivity index (χ2v) is 4.83. The Labute approximate surface area is 109 Å². The number of likely N-dealkylation sites (tertiary alicyclic amines) is 1. The van der Waals surface area contributed by atoms with Crippen LogP contribution in [-0.2, 0) is 9.59 Å². The van der Waals surface area contributed by atoms with E-state index in [9.17, 15) is 9.59 Å². The van der Waals surface area contributed by atoms with Crippen molar-refractivity contribution in [2.75, 3.05) is 19.6 Å². The van der Waals surface area contributed by atoms with Gasteiger partial charge >= 0.3 is 5.97 Å². The largest absolute Gasteiger partial charge is 0.480 e. The molecule has 1 rings (SSSR count). The third-order valence-corrected chi connectivity index (χ3v) is 3.31. The number of carboxylic acid groups (broad SMARTS) is 1. The molecule has 1 heterocycles. The van der Waals surface area contributed by atoms with Crippen LogP contribution in [0.4, 0.5) is 0 Å². The average Bonchev–Trinajstić information content (AvgIpc) is 2.38. The van der Waals surface area contributed by atoms with Crippen LogP contribution in [0, 0.1) is 0 Å². The summed E-state index contributed by atoms with van der Waals surface area (Å²) >= 11 is 0. The van der Waals surface area contributed by atoms with Crippen molar-refractivity contribution < 1.29 is 14.7 Å². The summed E-state index contributed by atoms with van der Waals surface area (Å²) in [5.41, 5.74) is 0. The highest BCUT2D eigenvalue weighted by Crippen LogP contribution is 2.09. The molecule has 1 unspecified atom stereocenters. The van der Waals surface area contributed by atoms with Gasteiger partial charge in [-0.05, 0) is 25.7 Å². The van der Waals surface area contributed by atoms with E-state index in [1.165, 1.54) is 6.42 Å². The molecule has 0 aromatic carbocycles. The highest BCUT2D eigenvalue weighted by molar-refractivity contribution is 5.77. The summed E-state index contributed by atoms with van der Waals surface area (Å²) in [4.78, 5) is 24.6. The predicted octanol–water partition coefficient (Wildman–Crippen LogP) is 1.23. The number of amides is 1. The van der Waals surface area contributed by atoms with Gasteiger partial charge in [-0.2, -0.15) is 0 Å². The molecular formula is C13H24N2O3. The molecule has 0 aliphatic carbocycles. The van der Waals surface area contributed by atoms with Crippen molar-refractivity contribution in [2.45, 2.75) is 51.5 Å². The Balaban J connectivity index is 2.22. The van der Waals surface area contributed by atoms with Gasteiger partial charge in [0.25, 0.3) is 0 Å². The lowest BCUT2D eigenvalue weighted by Gasteiger charge is -2.27. The maximum atomic E-state index is 11.8. The Morgan fingerprint density at radius 2 is 1.94 bits per heavy atom. The zero-order valence-electron chi connectivity index (χ0n) is 11.2. The Bertz CT molecular complexity index is 275. The Hall–Kier alpha value is -1.10. The summed E-state index contributed by atoms with van der Waals surface area (Å²) in [5, 5.41) is 11.9. The molecule has 0 aromatic rings. The molecule has 1 aliphatic heterocycles. The quantitative estimate of drug-likeness (QED) is 0.719. The highest BCUT2D eigenvalue weighted by Gasteiger charge is 2.18. The van der Waals surface area contributed by atoms with E-state index in [0.29, 0.717) is 19.4 Å². The van der Waals surface area contributed by atoms with E-state index in [-0.39, 0.29) is 5.91 Å². The van der Waals surface area contributed by atoms with Crippen molar-refractivity contribution in [1.82, 2.24) is 10.2 Å². The van der Waals surface area contributed by atoms with Gasteiger partial charge in [0.2, 0.25) is 5.91 Å². The smallest absolute Gasteiger partial charge is 0.320 e. The van der Waals surface area contributed by atoms with Gasteiger partial charge in [0.1, 0.15) is 6.04 Å². The first-order chi connectivity index (χ1) is 8.65. The summed E-state index contributed by atoms with van der Waals surface area (Å²) < 4.78 is 0. The van der Waals surface area contributed by atoms with Crippen LogP contribution in [0.5, 0.6) is 0 Å². The number of nitrogens with zero attached hydrogens (tertiary/aromatic N) is 1. The van der Waals surface area contributed by atoms with Crippen molar-refractivity contribution >= 4 is 11.9 Å². The second kappa shape index (κ2) is 8.08. The SMILES string of the molecule is CCCC(NCCC(=O)N1CCCCC1)C(=O)O. The van der Waals surface area contributed by atoms with E-state index in [0.717, 1.165) is 32.4 Å². The van der Waals surface area contributed by atoms with Crippen LogP contribution in [0.3, 0.4) is 0 Å². The van der Waals surface area contributed by atoms with Gasteiger partial charge in [0.15, 0.2) is 0 Å². The molecule has 1 atom stereocenters. The monoisotopic (exact) mass is 256 g/mol. The predicted molar refractivity (Wildman–Crippen MR) is 69.4 cm³/mol. The number of hydrogen-bond acceptors (Lipinski definition) is 3. The van der Waals surface area contributed by atoms with E-state index < -0.39 is 12.0 Å². The van der Waals surface area contributed by atoms with Gasteiger partial charge in [-0.3, -0.25) is 9.59 Å². The average molecular weight is 256 g/mol. The molecule has 1 amide bonds. The molecule has 0 radical (unpaired) electrons. The molecular weight excluding hydrogens is 232 g/mol.